The molecule has 1 nitrogen and oxygen atoms in total. The van der Waals surface area contributed by atoms with Crippen molar-refractivity contribution in [1.29, 1.82) is 0 Å². The van der Waals surface area contributed by atoms with Crippen molar-refractivity contribution in [1.82, 2.24) is 0 Å². The molecule has 0 spiro atoms. The van der Waals surface area contributed by atoms with Gasteiger partial charge >= 0.3 is 6.18 Å². The van der Waals surface area contributed by atoms with Crippen LogP contribution in [0, 0.1) is 0 Å². The normalized spacial score (nSPS) is 15.9. The van der Waals surface area contributed by atoms with Gasteiger partial charge in [0.05, 0.1) is 5.56 Å². The Kier molecular flexibility index (Phi) is 3.91. The molecular formula is C11H13F4N. The molecule has 2 atom stereocenters. The Morgan fingerprint density at radius 1 is 1.25 bits per heavy atom. The summed E-state index contributed by atoms with van der Waals surface area (Å²) in [6, 6.07) is 4.19. The maximum Gasteiger partial charge on any atom is 0.416 e. The zero-order chi connectivity index (χ0) is 12.3. The molecule has 0 amide bonds. The molecule has 0 radical (unpaired) electrons. The van der Waals surface area contributed by atoms with Crippen LogP contribution >= 0.6 is 0 Å². The van der Waals surface area contributed by atoms with Gasteiger partial charge in [-0.3, -0.25) is 0 Å². The maximum absolute atomic E-state index is 13.3. The molecule has 0 fully saturated rings. The van der Waals surface area contributed by atoms with Gasteiger partial charge in [-0.2, -0.15) is 13.2 Å². The van der Waals surface area contributed by atoms with Crippen LogP contribution in [0.3, 0.4) is 0 Å². The molecule has 0 aromatic heterocycles. The molecule has 16 heavy (non-hydrogen) atoms. The number of halogens is 4. The summed E-state index contributed by atoms with van der Waals surface area (Å²) in [6.07, 6.45) is -6.23. The lowest BCUT2D eigenvalue weighted by Gasteiger charge is -2.16. The second-order valence-electron chi connectivity index (χ2n) is 3.73. The largest absolute Gasteiger partial charge is 0.416 e. The Morgan fingerprint density at radius 2 is 1.81 bits per heavy atom. The van der Waals surface area contributed by atoms with Crippen LogP contribution < -0.4 is 5.73 Å². The maximum atomic E-state index is 13.3. The van der Waals surface area contributed by atoms with Gasteiger partial charge in [-0.15, -0.1) is 0 Å². The first-order chi connectivity index (χ1) is 7.32. The first-order valence-corrected chi connectivity index (χ1v) is 4.87. The van der Waals surface area contributed by atoms with Crippen LogP contribution in [0.4, 0.5) is 17.6 Å². The van der Waals surface area contributed by atoms with Crippen molar-refractivity contribution >= 4 is 0 Å². The molecular weight excluding hydrogens is 222 g/mol. The third kappa shape index (κ3) is 3.20. The minimum Gasteiger partial charge on any atom is -0.325 e. The zero-order valence-electron chi connectivity index (χ0n) is 8.76. The summed E-state index contributed by atoms with van der Waals surface area (Å²) in [6.45, 7) is 1.43. The lowest BCUT2D eigenvalue weighted by Crippen LogP contribution is -2.30. The van der Waals surface area contributed by atoms with Gasteiger partial charge in [-0.05, 0) is 18.6 Å². The van der Waals surface area contributed by atoms with Crippen LogP contribution in [0.25, 0.3) is 0 Å². The standard InChI is InChI=1S/C11H13F4N/c1-7(16)10(12)6-8-4-2-3-5-9(8)11(13,14)15/h2-5,7,10H,6,16H2,1H3. The van der Waals surface area contributed by atoms with Crippen molar-refractivity contribution in [2.24, 2.45) is 5.73 Å². The van der Waals surface area contributed by atoms with Crippen molar-refractivity contribution < 1.29 is 17.6 Å². The van der Waals surface area contributed by atoms with E-state index in [0.717, 1.165) is 6.07 Å². The van der Waals surface area contributed by atoms with Crippen LogP contribution in [0.1, 0.15) is 18.1 Å². The van der Waals surface area contributed by atoms with Crippen LogP contribution in [0.5, 0.6) is 0 Å². The van der Waals surface area contributed by atoms with Crippen LogP contribution in [-0.4, -0.2) is 12.2 Å². The Bertz CT molecular complexity index is 346. The fourth-order valence-corrected chi connectivity index (χ4v) is 1.37. The average molecular weight is 235 g/mol. The number of alkyl halides is 4. The Labute approximate surface area is 91.3 Å². The molecule has 5 heteroatoms. The van der Waals surface area contributed by atoms with E-state index in [4.69, 9.17) is 5.73 Å². The van der Waals surface area contributed by atoms with E-state index in [9.17, 15) is 17.6 Å². The fourth-order valence-electron chi connectivity index (χ4n) is 1.37. The molecule has 1 aromatic rings. The predicted octanol–water partition coefficient (Wildman–Crippen LogP) is 2.93. The highest BCUT2D eigenvalue weighted by Crippen LogP contribution is 2.32. The van der Waals surface area contributed by atoms with Gasteiger partial charge < -0.3 is 5.73 Å². The fraction of sp³-hybridized carbons (Fsp3) is 0.455. The van der Waals surface area contributed by atoms with Crippen LogP contribution in [0.15, 0.2) is 24.3 Å². The second-order valence-corrected chi connectivity index (χ2v) is 3.73. The van der Waals surface area contributed by atoms with Gasteiger partial charge in [0.25, 0.3) is 0 Å². The summed E-state index contributed by atoms with van der Waals surface area (Å²) in [4.78, 5) is 0. The number of rotatable bonds is 3. The first kappa shape index (κ1) is 13.0. The van der Waals surface area contributed by atoms with Gasteiger partial charge in [0.1, 0.15) is 6.17 Å². The molecule has 0 heterocycles. The summed E-state index contributed by atoms with van der Waals surface area (Å²) in [5, 5.41) is 0. The third-order valence-corrected chi connectivity index (χ3v) is 2.31. The van der Waals surface area contributed by atoms with Crippen molar-refractivity contribution in [3.63, 3.8) is 0 Å². The minimum absolute atomic E-state index is 0.0557. The molecule has 0 saturated carbocycles. The lowest BCUT2D eigenvalue weighted by molar-refractivity contribution is -0.138. The number of benzene rings is 1. The van der Waals surface area contributed by atoms with Gasteiger partial charge in [-0.25, -0.2) is 4.39 Å². The quantitative estimate of drug-likeness (QED) is 0.801. The summed E-state index contributed by atoms with van der Waals surface area (Å²) in [5.41, 5.74) is 4.44. The topological polar surface area (TPSA) is 26.0 Å². The summed E-state index contributed by atoms with van der Waals surface area (Å²) in [7, 11) is 0. The van der Waals surface area contributed by atoms with Crippen molar-refractivity contribution in [3.8, 4) is 0 Å². The third-order valence-electron chi connectivity index (χ3n) is 2.31. The second kappa shape index (κ2) is 4.82. The van der Waals surface area contributed by atoms with E-state index < -0.39 is 24.0 Å². The number of hydrogen-bond acceptors (Lipinski definition) is 1. The smallest absolute Gasteiger partial charge is 0.325 e. The first-order valence-electron chi connectivity index (χ1n) is 4.87. The van der Waals surface area contributed by atoms with Gasteiger partial charge in [0.2, 0.25) is 0 Å². The van der Waals surface area contributed by atoms with Crippen molar-refractivity contribution in [2.75, 3.05) is 0 Å². The highest BCUT2D eigenvalue weighted by molar-refractivity contribution is 5.30. The molecule has 0 aliphatic heterocycles. The van der Waals surface area contributed by atoms with Crippen molar-refractivity contribution in [3.05, 3.63) is 35.4 Å². The number of hydrogen-bond donors (Lipinski definition) is 1. The van der Waals surface area contributed by atoms with Gasteiger partial charge in [-0.1, -0.05) is 18.2 Å². The Morgan fingerprint density at radius 3 is 2.31 bits per heavy atom. The summed E-state index contributed by atoms with van der Waals surface area (Å²) in [5.74, 6) is 0. The predicted molar refractivity (Wildman–Crippen MR) is 53.7 cm³/mol. The SMILES string of the molecule is CC(N)C(F)Cc1ccccc1C(F)(F)F. The van der Waals surface area contributed by atoms with Crippen LogP contribution in [0.2, 0.25) is 0 Å². The molecule has 2 N–H and O–H groups in total. The molecule has 1 aromatic carbocycles. The zero-order valence-corrected chi connectivity index (χ0v) is 8.76. The van der Waals surface area contributed by atoms with E-state index in [0.29, 0.717) is 0 Å². The van der Waals surface area contributed by atoms with E-state index in [2.05, 4.69) is 0 Å². The highest BCUT2D eigenvalue weighted by Gasteiger charge is 2.33. The molecule has 2 unspecified atom stereocenters. The van der Waals surface area contributed by atoms with Crippen LogP contribution in [-0.2, 0) is 12.6 Å². The van der Waals surface area contributed by atoms with Crippen molar-refractivity contribution in [2.45, 2.75) is 31.7 Å². The lowest BCUT2D eigenvalue weighted by atomic mass is 9.99. The Balaban J connectivity index is 2.96. The minimum atomic E-state index is -4.45. The van der Waals surface area contributed by atoms with Gasteiger partial charge in [0, 0.05) is 12.5 Å². The van der Waals surface area contributed by atoms with E-state index >= 15 is 0 Å². The Hall–Kier alpha value is -1.10. The van der Waals surface area contributed by atoms with E-state index in [1.54, 1.807) is 0 Å². The summed E-state index contributed by atoms with van der Waals surface area (Å²) >= 11 is 0. The van der Waals surface area contributed by atoms with E-state index in [-0.39, 0.29) is 12.0 Å². The summed E-state index contributed by atoms with van der Waals surface area (Å²) < 4.78 is 50.9. The van der Waals surface area contributed by atoms with E-state index in [1.165, 1.54) is 25.1 Å². The average Bonchev–Trinajstić information content (AvgIpc) is 2.16. The molecule has 0 aliphatic carbocycles. The van der Waals surface area contributed by atoms with Gasteiger partial charge in [0.15, 0.2) is 0 Å². The molecule has 0 bridgehead atoms. The monoisotopic (exact) mass is 235 g/mol. The molecule has 0 saturated heterocycles. The van der Waals surface area contributed by atoms with E-state index in [1.807, 2.05) is 0 Å². The highest BCUT2D eigenvalue weighted by atomic mass is 19.4. The molecule has 1 rings (SSSR count). The number of nitrogens with two attached hydrogens (primary N) is 1. The molecule has 90 valence electrons. The molecule has 0 aliphatic rings.